The number of anilines is 2. The Morgan fingerprint density at radius 1 is 1.29 bits per heavy atom. The number of hydrogen-bond donors (Lipinski definition) is 4. The lowest BCUT2D eigenvalue weighted by Crippen LogP contribution is -2.44. The van der Waals surface area contributed by atoms with Crippen molar-refractivity contribution in [1.29, 1.82) is 0 Å². The molecule has 2 heterocycles. The van der Waals surface area contributed by atoms with Crippen molar-refractivity contribution >= 4 is 27.9 Å². The van der Waals surface area contributed by atoms with Crippen LogP contribution < -0.4 is 21.5 Å². The highest BCUT2D eigenvalue weighted by molar-refractivity contribution is 7.19. The normalized spacial score (nSPS) is 22.4. The minimum atomic E-state index is -0.878. The van der Waals surface area contributed by atoms with Crippen molar-refractivity contribution in [2.45, 2.75) is 37.8 Å². The van der Waals surface area contributed by atoms with E-state index in [1.165, 1.54) is 13.3 Å². The minimum absolute atomic E-state index is 0.00324. The first-order valence-corrected chi connectivity index (χ1v) is 11.5. The smallest absolute Gasteiger partial charge is 0.277 e. The summed E-state index contributed by atoms with van der Waals surface area (Å²) in [6, 6.07) is 3.49. The zero-order valence-electron chi connectivity index (χ0n) is 18.6. The topological polar surface area (TPSA) is 136 Å². The third-order valence-corrected chi connectivity index (χ3v) is 7.01. The first kappa shape index (κ1) is 24.0. The molecule has 3 aromatic rings. The zero-order chi connectivity index (χ0) is 24.6. The number of pyridine rings is 1. The van der Waals surface area contributed by atoms with Crippen LogP contribution in [0, 0.1) is 17.6 Å². The third kappa shape index (κ3) is 4.59. The van der Waals surface area contributed by atoms with Gasteiger partial charge in [0.25, 0.3) is 5.91 Å². The van der Waals surface area contributed by atoms with E-state index in [0.717, 1.165) is 29.0 Å². The van der Waals surface area contributed by atoms with Crippen molar-refractivity contribution in [2.75, 3.05) is 18.2 Å². The molecule has 34 heavy (non-hydrogen) atoms. The maximum absolute atomic E-state index is 14.5. The van der Waals surface area contributed by atoms with E-state index in [1.54, 1.807) is 12.3 Å². The van der Waals surface area contributed by atoms with E-state index in [1.807, 2.05) is 6.92 Å². The molecule has 6 N–H and O–H groups in total. The molecule has 0 bridgehead atoms. The number of nitrogen functional groups attached to an aromatic ring is 1. The van der Waals surface area contributed by atoms with Crippen LogP contribution >= 0.6 is 11.3 Å². The number of thiazole rings is 1. The lowest BCUT2D eigenvalue weighted by atomic mass is 9.74. The number of nitrogens with one attached hydrogen (secondary N) is 1. The van der Waals surface area contributed by atoms with Crippen molar-refractivity contribution in [3.63, 3.8) is 0 Å². The van der Waals surface area contributed by atoms with Gasteiger partial charge in [0.1, 0.15) is 27.4 Å². The average molecular weight is 490 g/mol. The van der Waals surface area contributed by atoms with Crippen LogP contribution in [-0.2, 0) is 0 Å². The van der Waals surface area contributed by atoms with Gasteiger partial charge in [-0.1, -0.05) is 18.3 Å². The Labute approximate surface area is 199 Å². The van der Waals surface area contributed by atoms with E-state index in [9.17, 15) is 18.7 Å². The monoisotopic (exact) mass is 489 g/mol. The first-order valence-electron chi connectivity index (χ1n) is 10.7. The lowest BCUT2D eigenvalue weighted by Gasteiger charge is -2.36. The number of benzene rings is 1. The molecule has 1 saturated carbocycles. The Kier molecular flexibility index (Phi) is 6.78. The predicted molar refractivity (Wildman–Crippen MR) is 126 cm³/mol. The van der Waals surface area contributed by atoms with Crippen molar-refractivity contribution < 1.29 is 23.4 Å². The van der Waals surface area contributed by atoms with Crippen LogP contribution in [0.2, 0.25) is 0 Å². The van der Waals surface area contributed by atoms with E-state index in [2.05, 4.69) is 15.3 Å². The highest BCUT2D eigenvalue weighted by atomic mass is 32.1. The van der Waals surface area contributed by atoms with Crippen LogP contribution in [-0.4, -0.2) is 40.2 Å². The number of methoxy groups -OCH3 is 1. The maximum Gasteiger partial charge on any atom is 0.277 e. The zero-order valence-corrected chi connectivity index (χ0v) is 19.4. The van der Waals surface area contributed by atoms with E-state index < -0.39 is 23.6 Å². The van der Waals surface area contributed by atoms with Crippen LogP contribution in [0.5, 0.6) is 5.75 Å². The largest absolute Gasteiger partial charge is 0.497 e. The molecule has 2 aromatic heterocycles. The molecule has 180 valence electrons. The van der Waals surface area contributed by atoms with Gasteiger partial charge >= 0.3 is 0 Å². The molecular formula is C23H25F2N5O3S. The molecule has 4 unspecified atom stereocenters. The Bertz CT molecular complexity index is 1190. The molecule has 4 rings (SSSR count). The van der Waals surface area contributed by atoms with Gasteiger partial charge in [-0.3, -0.25) is 9.78 Å². The molecule has 11 heteroatoms. The number of nitrogens with two attached hydrogens (primary N) is 2. The fourth-order valence-electron chi connectivity index (χ4n) is 4.35. The van der Waals surface area contributed by atoms with Gasteiger partial charge in [0, 0.05) is 24.4 Å². The van der Waals surface area contributed by atoms with Gasteiger partial charge < -0.3 is 26.6 Å². The minimum Gasteiger partial charge on any atom is -0.497 e. The van der Waals surface area contributed by atoms with E-state index in [0.29, 0.717) is 18.5 Å². The second kappa shape index (κ2) is 9.61. The molecule has 1 fully saturated rings. The van der Waals surface area contributed by atoms with Crippen LogP contribution in [0.4, 0.5) is 19.5 Å². The van der Waals surface area contributed by atoms with Gasteiger partial charge in [0.2, 0.25) is 0 Å². The van der Waals surface area contributed by atoms with Crippen molar-refractivity contribution in [3.8, 4) is 16.3 Å². The first-order chi connectivity index (χ1) is 16.2. The summed E-state index contributed by atoms with van der Waals surface area (Å²) in [6.45, 7) is 1.94. The predicted octanol–water partition coefficient (Wildman–Crippen LogP) is 3.53. The standard InChI is InChI=1S/C23H25F2N5O3S/c1-10-5-11(6-16(26)20(10)31)13-3-4-28-9-17(13)29-22(32)19-21(27)34-23(30-19)18-14(24)7-12(33-2)8-15(18)25/h3-4,7-11,16,20,31H,5-6,26-27H2,1-2H3,(H,29,32). The fourth-order valence-corrected chi connectivity index (χ4v) is 5.23. The Morgan fingerprint density at radius 2 is 2.00 bits per heavy atom. The second-order valence-electron chi connectivity index (χ2n) is 8.42. The van der Waals surface area contributed by atoms with E-state index in [4.69, 9.17) is 16.2 Å². The third-order valence-electron chi connectivity index (χ3n) is 6.11. The summed E-state index contributed by atoms with van der Waals surface area (Å²) in [5, 5.41) is 12.9. The molecular weight excluding hydrogens is 464 g/mol. The molecule has 1 aromatic carbocycles. The van der Waals surface area contributed by atoms with Crippen molar-refractivity contribution in [3.05, 3.63) is 53.5 Å². The lowest BCUT2D eigenvalue weighted by molar-refractivity contribution is 0.0521. The van der Waals surface area contributed by atoms with Crippen molar-refractivity contribution in [2.24, 2.45) is 11.7 Å². The summed E-state index contributed by atoms with van der Waals surface area (Å²) >= 11 is 0.806. The van der Waals surface area contributed by atoms with Crippen molar-refractivity contribution in [1.82, 2.24) is 9.97 Å². The SMILES string of the molecule is COc1cc(F)c(-c2nc(C(=O)Nc3cnccc3C3CC(C)C(O)C(N)C3)c(N)s2)c(F)c1. The Balaban J connectivity index is 1.61. The van der Waals surface area contributed by atoms with Crippen LogP contribution in [0.3, 0.4) is 0 Å². The molecule has 4 atom stereocenters. The van der Waals surface area contributed by atoms with Gasteiger partial charge in [-0.05, 0) is 36.3 Å². The van der Waals surface area contributed by atoms with Gasteiger partial charge in [-0.2, -0.15) is 0 Å². The summed E-state index contributed by atoms with van der Waals surface area (Å²) in [5.41, 5.74) is 12.9. The molecule has 0 spiro atoms. The number of carbonyl (C=O) groups is 1. The number of hydrogen-bond acceptors (Lipinski definition) is 8. The van der Waals surface area contributed by atoms with Gasteiger partial charge in [0.15, 0.2) is 5.69 Å². The summed E-state index contributed by atoms with van der Waals surface area (Å²) in [6.07, 6.45) is 3.80. The number of nitrogens with zero attached hydrogens (tertiary/aromatic N) is 2. The van der Waals surface area contributed by atoms with Gasteiger partial charge in [0.05, 0.1) is 30.7 Å². The van der Waals surface area contributed by atoms with E-state index in [-0.39, 0.29) is 44.9 Å². The highest BCUT2D eigenvalue weighted by Crippen LogP contribution is 2.39. The summed E-state index contributed by atoms with van der Waals surface area (Å²) in [4.78, 5) is 21.2. The van der Waals surface area contributed by atoms with Crippen LogP contribution in [0.25, 0.3) is 10.6 Å². The molecule has 0 radical (unpaired) electrons. The average Bonchev–Trinajstić information content (AvgIpc) is 3.18. The quantitative estimate of drug-likeness (QED) is 0.430. The maximum atomic E-state index is 14.5. The number of aliphatic hydroxyl groups is 1. The number of aliphatic hydroxyl groups excluding tert-OH is 1. The number of ether oxygens (including phenoxy) is 1. The molecule has 1 aliphatic carbocycles. The van der Waals surface area contributed by atoms with Gasteiger partial charge in [-0.15, -0.1) is 0 Å². The molecule has 1 amide bonds. The van der Waals surface area contributed by atoms with Crippen LogP contribution in [0.15, 0.2) is 30.6 Å². The van der Waals surface area contributed by atoms with Crippen LogP contribution in [0.1, 0.15) is 41.7 Å². The second-order valence-corrected chi connectivity index (χ2v) is 9.45. The summed E-state index contributed by atoms with van der Waals surface area (Å²) < 4.78 is 33.8. The Hall–Kier alpha value is -3.15. The number of aromatic nitrogens is 2. The molecule has 8 nitrogen and oxygen atoms in total. The number of amides is 1. The number of rotatable bonds is 5. The number of carbonyl (C=O) groups excluding carboxylic acids is 1. The number of halogens is 2. The highest BCUT2D eigenvalue weighted by Gasteiger charge is 2.34. The summed E-state index contributed by atoms with van der Waals surface area (Å²) in [7, 11) is 1.30. The van der Waals surface area contributed by atoms with E-state index >= 15 is 0 Å². The van der Waals surface area contributed by atoms with Gasteiger partial charge in [-0.25, -0.2) is 13.8 Å². The molecule has 1 aliphatic rings. The summed E-state index contributed by atoms with van der Waals surface area (Å²) in [5.74, 6) is -2.35. The molecule has 0 saturated heterocycles. The Morgan fingerprint density at radius 3 is 2.65 bits per heavy atom. The fraction of sp³-hybridized carbons (Fsp3) is 0.348. The molecule has 0 aliphatic heterocycles.